The van der Waals surface area contributed by atoms with Gasteiger partial charge in [0.15, 0.2) is 12.1 Å². The minimum atomic E-state index is -0.827. The third kappa shape index (κ3) is 2.41. The molecule has 0 N–H and O–H groups in total. The van der Waals surface area contributed by atoms with Gasteiger partial charge in [0.05, 0.1) is 11.4 Å². The van der Waals surface area contributed by atoms with Crippen molar-refractivity contribution >= 4 is 34.8 Å². The maximum Gasteiger partial charge on any atom is 0.263 e. The minimum absolute atomic E-state index is 0.344. The van der Waals surface area contributed by atoms with E-state index in [4.69, 9.17) is 11.6 Å². The van der Waals surface area contributed by atoms with Crippen LogP contribution in [0.25, 0.3) is 0 Å². The quantitative estimate of drug-likeness (QED) is 0.776. The zero-order valence-electron chi connectivity index (χ0n) is 13.7. The number of imide groups is 1. The van der Waals surface area contributed by atoms with Crippen LogP contribution in [-0.2, 0) is 9.59 Å². The molecule has 6 nitrogen and oxygen atoms in total. The van der Waals surface area contributed by atoms with E-state index in [9.17, 15) is 9.59 Å². The summed E-state index contributed by atoms with van der Waals surface area (Å²) < 4.78 is 0. The molecule has 2 aromatic carbocycles. The molecule has 0 saturated carbocycles. The van der Waals surface area contributed by atoms with Gasteiger partial charge in [0.2, 0.25) is 0 Å². The van der Waals surface area contributed by atoms with Crippen LogP contribution in [0.2, 0.25) is 5.02 Å². The number of amides is 2. The molecule has 2 aromatic rings. The Kier molecular flexibility index (Phi) is 3.58. The fraction of sp³-hybridized carbons (Fsp3) is 0.222. The SMILES string of the molecule is Cc1ccc(C)c(N2N=N[C@@H]3C(=O)N(c4cccc(Cl)c4)C(=O)[C@@H]32)c1. The second kappa shape index (κ2) is 5.67. The van der Waals surface area contributed by atoms with Crippen molar-refractivity contribution in [3.63, 3.8) is 0 Å². The van der Waals surface area contributed by atoms with E-state index in [0.717, 1.165) is 21.7 Å². The van der Waals surface area contributed by atoms with E-state index in [2.05, 4.69) is 10.3 Å². The topological polar surface area (TPSA) is 65.3 Å². The van der Waals surface area contributed by atoms with Crippen LogP contribution in [-0.4, -0.2) is 23.9 Å². The molecule has 0 unspecified atom stereocenters. The van der Waals surface area contributed by atoms with Gasteiger partial charge in [-0.3, -0.25) is 9.59 Å². The summed E-state index contributed by atoms with van der Waals surface area (Å²) >= 11 is 6.00. The molecule has 1 saturated heterocycles. The van der Waals surface area contributed by atoms with Gasteiger partial charge < -0.3 is 0 Å². The second-order valence-electron chi connectivity index (χ2n) is 6.22. The highest BCUT2D eigenvalue weighted by Crippen LogP contribution is 2.36. The predicted molar refractivity (Wildman–Crippen MR) is 94.8 cm³/mol. The number of halogens is 1. The maximum absolute atomic E-state index is 13.0. The molecule has 2 aliphatic rings. The summed E-state index contributed by atoms with van der Waals surface area (Å²) in [6.07, 6.45) is 0. The fourth-order valence-electron chi connectivity index (χ4n) is 3.20. The van der Waals surface area contributed by atoms with Gasteiger partial charge in [-0.15, -0.1) is 0 Å². The largest absolute Gasteiger partial charge is 0.271 e. The van der Waals surface area contributed by atoms with Crippen molar-refractivity contribution in [3.05, 3.63) is 58.6 Å². The Balaban J connectivity index is 1.74. The number of carbonyl (C=O) groups excluding carboxylic acids is 2. The monoisotopic (exact) mass is 354 g/mol. The fourth-order valence-corrected chi connectivity index (χ4v) is 3.38. The average molecular weight is 355 g/mol. The first-order valence-electron chi connectivity index (χ1n) is 7.88. The van der Waals surface area contributed by atoms with Crippen molar-refractivity contribution in [2.75, 3.05) is 9.91 Å². The lowest BCUT2D eigenvalue weighted by Crippen LogP contribution is -2.40. The Morgan fingerprint density at radius 3 is 2.60 bits per heavy atom. The van der Waals surface area contributed by atoms with Crippen molar-refractivity contribution in [2.45, 2.75) is 25.9 Å². The van der Waals surface area contributed by atoms with Crippen LogP contribution < -0.4 is 9.91 Å². The van der Waals surface area contributed by atoms with E-state index < -0.39 is 12.1 Å². The van der Waals surface area contributed by atoms with E-state index in [0.29, 0.717) is 10.7 Å². The summed E-state index contributed by atoms with van der Waals surface area (Å²) in [6.45, 7) is 3.90. The van der Waals surface area contributed by atoms with Crippen LogP contribution in [0.15, 0.2) is 52.8 Å². The number of carbonyl (C=O) groups is 2. The zero-order chi connectivity index (χ0) is 17.7. The van der Waals surface area contributed by atoms with Crippen LogP contribution in [0.1, 0.15) is 11.1 Å². The third-order valence-corrected chi connectivity index (χ3v) is 4.69. The summed E-state index contributed by atoms with van der Waals surface area (Å²) in [6, 6.07) is 11.0. The van der Waals surface area contributed by atoms with Crippen molar-refractivity contribution in [1.29, 1.82) is 0 Å². The Bertz CT molecular complexity index is 927. The zero-order valence-corrected chi connectivity index (χ0v) is 14.4. The average Bonchev–Trinajstić information content (AvgIpc) is 3.11. The van der Waals surface area contributed by atoms with Gasteiger partial charge in [0.1, 0.15) is 0 Å². The summed E-state index contributed by atoms with van der Waals surface area (Å²) in [5.41, 5.74) is 3.24. The molecule has 0 aliphatic carbocycles. The van der Waals surface area contributed by atoms with Crippen LogP contribution in [0.5, 0.6) is 0 Å². The first-order chi connectivity index (χ1) is 12.0. The van der Waals surface area contributed by atoms with Gasteiger partial charge in [-0.05, 0) is 49.2 Å². The number of benzene rings is 2. The number of fused-ring (bicyclic) bond motifs is 1. The van der Waals surface area contributed by atoms with Gasteiger partial charge in [-0.1, -0.05) is 35.0 Å². The standard InChI is InChI=1S/C18H15ClN4O2/c1-10-6-7-11(2)14(8-10)23-16-15(20-21-23)17(24)22(18(16)25)13-5-3-4-12(19)9-13/h3-9,15-16H,1-2H3/t15-,16+/m0/s1. The molecule has 0 radical (unpaired) electrons. The Morgan fingerprint density at radius 2 is 1.84 bits per heavy atom. The van der Waals surface area contributed by atoms with Crippen LogP contribution in [0, 0.1) is 13.8 Å². The molecule has 2 atom stereocenters. The van der Waals surface area contributed by atoms with Gasteiger partial charge in [-0.25, -0.2) is 9.91 Å². The Hall–Kier alpha value is -2.73. The highest BCUT2D eigenvalue weighted by atomic mass is 35.5. The molecule has 25 heavy (non-hydrogen) atoms. The number of hydrogen-bond acceptors (Lipinski definition) is 5. The lowest BCUT2D eigenvalue weighted by Gasteiger charge is -2.22. The highest BCUT2D eigenvalue weighted by molar-refractivity contribution is 6.32. The first-order valence-corrected chi connectivity index (χ1v) is 8.26. The summed E-state index contributed by atoms with van der Waals surface area (Å²) in [5, 5.41) is 10.2. The van der Waals surface area contributed by atoms with E-state index in [1.54, 1.807) is 29.3 Å². The molecule has 0 bridgehead atoms. The van der Waals surface area contributed by atoms with Crippen molar-refractivity contribution in [3.8, 4) is 0 Å². The molecule has 0 spiro atoms. The molecular weight excluding hydrogens is 340 g/mol. The molecular formula is C18H15ClN4O2. The lowest BCUT2D eigenvalue weighted by atomic mass is 10.1. The van der Waals surface area contributed by atoms with E-state index >= 15 is 0 Å². The van der Waals surface area contributed by atoms with Gasteiger partial charge in [0.25, 0.3) is 11.8 Å². The second-order valence-corrected chi connectivity index (χ2v) is 6.66. The summed E-state index contributed by atoms with van der Waals surface area (Å²) in [4.78, 5) is 26.9. The number of rotatable bonds is 2. The van der Waals surface area contributed by atoms with Crippen molar-refractivity contribution in [2.24, 2.45) is 10.3 Å². The van der Waals surface area contributed by atoms with Crippen molar-refractivity contribution in [1.82, 2.24) is 0 Å². The molecule has 7 heteroatoms. The van der Waals surface area contributed by atoms with Crippen LogP contribution in [0.3, 0.4) is 0 Å². The molecule has 0 aromatic heterocycles. The van der Waals surface area contributed by atoms with Gasteiger partial charge in [-0.2, -0.15) is 5.11 Å². The molecule has 4 rings (SSSR count). The van der Waals surface area contributed by atoms with Gasteiger partial charge >= 0.3 is 0 Å². The Morgan fingerprint density at radius 1 is 1.04 bits per heavy atom. The Labute approximate surface area is 149 Å². The normalized spacial score (nSPS) is 22.0. The van der Waals surface area contributed by atoms with Gasteiger partial charge in [0, 0.05) is 5.02 Å². The third-order valence-electron chi connectivity index (χ3n) is 4.46. The van der Waals surface area contributed by atoms with E-state index in [1.807, 2.05) is 32.0 Å². The number of hydrogen-bond donors (Lipinski definition) is 0. The number of aryl methyl sites for hydroxylation is 2. The van der Waals surface area contributed by atoms with Crippen LogP contribution >= 0.6 is 11.6 Å². The summed E-state index contributed by atoms with van der Waals surface area (Å²) in [7, 11) is 0. The molecule has 126 valence electrons. The lowest BCUT2D eigenvalue weighted by molar-refractivity contribution is -0.121. The van der Waals surface area contributed by atoms with E-state index in [1.165, 1.54) is 0 Å². The number of nitrogens with zero attached hydrogens (tertiary/aromatic N) is 4. The molecule has 2 amide bonds. The summed E-state index contributed by atoms with van der Waals surface area (Å²) in [5.74, 6) is -0.725. The smallest absolute Gasteiger partial charge is 0.263 e. The molecule has 2 heterocycles. The van der Waals surface area contributed by atoms with Crippen LogP contribution in [0.4, 0.5) is 11.4 Å². The maximum atomic E-state index is 13.0. The number of anilines is 2. The highest BCUT2D eigenvalue weighted by Gasteiger charge is 2.55. The van der Waals surface area contributed by atoms with Crippen molar-refractivity contribution < 1.29 is 9.59 Å². The minimum Gasteiger partial charge on any atom is -0.271 e. The predicted octanol–water partition coefficient (Wildman–Crippen LogP) is 3.45. The van der Waals surface area contributed by atoms with E-state index in [-0.39, 0.29) is 11.8 Å². The molecule has 1 fully saturated rings. The molecule has 2 aliphatic heterocycles. The first kappa shape index (κ1) is 15.8.